The van der Waals surface area contributed by atoms with Crippen molar-refractivity contribution in [1.82, 2.24) is 0 Å². The normalized spacial score (nSPS) is 19.7. The third-order valence-corrected chi connectivity index (χ3v) is 11.3. The summed E-state index contributed by atoms with van der Waals surface area (Å²) in [6, 6.07) is 14.9. The lowest BCUT2D eigenvalue weighted by atomic mass is 9.92. The molecular formula is C31H45F3OSi. The summed E-state index contributed by atoms with van der Waals surface area (Å²) in [6.07, 6.45) is 9.86. The molecule has 0 N–H and O–H groups in total. The van der Waals surface area contributed by atoms with E-state index in [1.54, 1.807) is 6.92 Å². The molecule has 0 aliphatic carbocycles. The van der Waals surface area contributed by atoms with Gasteiger partial charge in [0, 0.05) is 8.80 Å². The predicted molar refractivity (Wildman–Crippen MR) is 149 cm³/mol. The van der Waals surface area contributed by atoms with Crippen LogP contribution in [0.1, 0.15) is 96.5 Å². The van der Waals surface area contributed by atoms with Crippen LogP contribution in [-0.4, -0.2) is 21.1 Å². The molecule has 200 valence electrons. The Hall–Kier alpha value is -1.75. The summed E-state index contributed by atoms with van der Waals surface area (Å²) < 4.78 is 48.3. The van der Waals surface area contributed by atoms with Gasteiger partial charge in [0.15, 0.2) is 17.4 Å². The highest BCUT2D eigenvalue weighted by Gasteiger charge is 2.23. The average molecular weight is 519 g/mol. The van der Waals surface area contributed by atoms with Crippen LogP contribution < -0.4 is 4.74 Å². The van der Waals surface area contributed by atoms with E-state index in [1.165, 1.54) is 67.9 Å². The number of alkyl halides is 1. The Kier molecular flexibility index (Phi) is 11.9. The van der Waals surface area contributed by atoms with Crippen molar-refractivity contribution in [3.63, 3.8) is 0 Å². The van der Waals surface area contributed by atoms with Crippen LogP contribution in [0.25, 0.3) is 11.1 Å². The first-order valence-electron chi connectivity index (χ1n) is 14.3. The van der Waals surface area contributed by atoms with Gasteiger partial charge >= 0.3 is 0 Å². The number of halogens is 3. The standard InChI is InChI=1S/C31H45F3OSi/c1-4-5-6-7-8-11-24(3)35-31-29(33)21-28(22-30(31)34)26-14-12-25(13-15-26)27-16-19-36(20-17-27)18-9-10-23(2)32/h12-15,21-24,27,36H,4-11,16-20H2,1-3H3/t23?,24-,27-,36-/m1/s1. The van der Waals surface area contributed by atoms with Gasteiger partial charge in [0.2, 0.25) is 0 Å². The summed E-state index contributed by atoms with van der Waals surface area (Å²) in [5.41, 5.74) is 2.67. The zero-order chi connectivity index (χ0) is 25.9. The molecule has 0 radical (unpaired) electrons. The first-order chi connectivity index (χ1) is 17.4. The molecule has 0 amide bonds. The number of unbranched alkanes of at least 4 members (excludes halogenated alkanes) is 4. The van der Waals surface area contributed by atoms with Crippen LogP contribution in [-0.2, 0) is 0 Å². The summed E-state index contributed by atoms with van der Waals surface area (Å²) in [6.45, 7) is 5.72. The van der Waals surface area contributed by atoms with E-state index in [4.69, 9.17) is 4.74 Å². The quantitative estimate of drug-likeness (QED) is 0.179. The summed E-state index contributed by atoms with van der Waals surface area (Å²) in [4.78, 5) is 0. The second-order valence-corrected chi connectivity index (χ2v) is 14.4. The molecular weight excluding hydrogens is 473 g/mol. The van der Waals surface area contributed by atoms with Crippen LogP contribution in [0, 0.1) is 11.6 Å². The van der Waals surface area contributed by atoms with Gasteiger partial charge in [0.1, 0.15) is 0 Å². The van der Waals surface area contributed by atoms with Crippen molar-refractivity contribution in [2.45, 2.75) is 121 Å². The number of benzene rings is 2. The molecule has 1 nitrogen and oxygen atoms in total. The van der Waals surface area contributed by atoms with Gasteiger partial charge in [-0.25, -0.2) is 13.2 Å². The minimum Gasteiger partial charge on any atom is -0.485 e. The molecule has 1 aliphatic heterocycles. The molecule has 0 bridgehead atoms. The second-order valence-electron chi connectivity index (χ2n) is 11.0. The molecule has 0 spiro atoms. The Bertz CT molecular complexity index is 884. The van der Waals surface area contributed by atoms with Crippen LogP contribution >= 0.6 is 0 Å². The lowest BCUT2D eigenvalue weighted by molar-refractivity contribution is 0.188. The van der Waals surface area contributed by atoms with E-state index in [0.29, 0.717) is 17.9 Å². The molecule has 1 fully saturated rings. The highest BCUT2D eigenvalue weighted by atomic mass is 28.3. The van der Waals surface area contributed by atoms with Crippen molar-refractivity contribution in [3.8, 4) is 16.9 Å². The van der Waals surface area contributed by atoms with Crippen LogP contribution in [0.5, 0.6) is 5.75 Å². The van der Waals surface area contributed by atoms with Crippen molar-refractivity contribution in [2.24, 2.45) is 0 Å². The van der Waals surface area contributed by atoms with Crippen molar-refractivity contribution in [2.75, 3.05) is 0 Å². The Morgan fingerprint density at radius 2 is 1.50 bits per heavy atom. The van der Waals surface area contributed by atoms with Crippen molar-refractivity contribution in [1.29, 1.82) is 0 Å². The number of hydrogen-bond acceptors (Lipinski definition) is 1. The summed E-state index contributed by atoms with van der Waals surface area (Å²) >= 11 is 0. The Balaban J connectivity index is 1.53. The van der Waals surface area contributed by atoms with Crippen molar-refractivity contribution >= 4 is 8.80 Å². The SMILES string of the molecule is CCCCCCC[C@@H](C)Oc1c(F)cc(-c2ccc([C@H]3CC[Si@H](CCCC(C)F)CC3)cc2)cc1F. The maximum Gasteiger partial charge on any atom is 0.191 e. The monoisotopic (exact) mass is 518 g/mol. The largest absolute Gasteiger partial charge is 0.485 e. The van der Waals surface area contributed by atoms with Crippen LogP contribution in [0.3, 0.4) is 0 Å². The molecule has 2 aromatic carbocycles. The van der Waals surface area contributed by atoms with E-state index in [2.05, 4.69) is 19.1 Å². The molecule has 1 unspecified atom stereocenters. The first-order valence-corrected chi connectivity index (χ1v) is 16.7. The van der Waals surface area contributed by atoms with Gasteiger partial charge in [0.05, 0.1) is 12.3 Å². The highest BCUT2D eigenvalue weighted by molar-refractivity contribution is 6.59. The molecule has 0 saturated carbocycles. The van der Waals surface area contributed by atoms with E-state index < -0.39 is 26.6 Å². The maximum atomic E-state index is 14.8. The molecule has 36 heavy (non-hydrogen) atoms. The van der Waals surface area contributed by atoms with Crippen molar-refractivity contribution in [3.05, 3.63) is 53.6 Å². The molecule has 1 heterocycles. The predicted octanol–water partition coefficient (Wildman–Crippen LogP) is 10.0. The fourth-order valence-electron chi connectivity index (χ4n) is 5.55. The van der Waals surface area contributed by atoms with E-state index >= 15 is 0 Å². The highest BCUT2D eigenvalue weighted by Crippen LogP contribution is 2.37. The molecule has 1 aliphatic rings. The molecule has 2 atom stereocenters. The van der Waals surface area contributed by atoms with Crippen LogP contribution in [0.15, 0.2) is 36.4 Å². The summed E-state index contributed by atoms with van der Waals surface area (Å²) in [5.74, 6) is -0.983. The Morgan fingerprint density at radius 3 is 2.11 bits per heavy atom. The van der Waals surface area contributed by atoms with Gasteiger partial charge in [-0.1, -0.05) is 81.4 Å². The third-order valence-electron chi connectivity index (χ3n) is 7.81. The lowest BCUT2D eigenvalue weighted by Gasteiger charge is -2.28. The van der Waals surface area contributed by atoms with Crippen LogP contribution in [0.4, 0.5) is 13.2 Å². The van der Waals surface area contributed by atoms with Gasteiger partial charge in [-0.2, -0.15) is 0 Å². The maximum absolute atomic E-state index is 14.8. The van der Waals surface area contributed by atoms with Gasteiger partial charge in [-0.3, -0.25) is 0 Å². The third kappa shape index (κ3) is 8.97. The van der Waals surface area contributed by atoms with Gasteiger partial charge in [0.25, 0.3) is 0 Å². The number of hydrogen-bond donors (Lipinski definition) is 0. The topological polar surface area (TPSA) is 9.23 Å². The zero-order valence-electron chi connectivity index (χ0n) is 22.5. The molecule has 5 heteroatoms. The minimum absolute atomic E-state index is 0.217. The molecule has 1 saturated heterocycles. The fourth-order valence-corrected chi connectivity index (χ4v) is 8.98. The van der Waals surface area contributed by atoms with Gasteiger partial charge in [-0.15, -0.1) is 0 Å². The average Bonchev–Trinajstić information content (AvgIpc) is 2.86. The minimum atomic E-state index is -0.707. The van der Waals surface area contributed by atoms with E-state index in [1.807, 2.05) is 19.1 Å². The second kappa shape index (κ2) is 14.9. The lowest BCUT2D eigenvalue weighted by Crippen LogP contribution is -2.20. The van der Waals surface area contributed by atoms with Gasteiger partial charge < -0.3 is 4.74 Å². The molecule has 0 aromatic heterocycles. The summed E-state index contributed by atoms with van der Waals surface area (Å²) in [5, 5.41) is 0. The zero-order valence-corrected chi connectivity index (χ0v) is 23.7. The summed E-state index contributed by atoms with van der Waals surface area (Å²) in [7, 11) is -0.707. The van der Waals surface area contributed by atoms with E-state index in [0.717, 1.165) is 31.2 Å². The Morgan fingerprint density at radius 1 is 0.861 bits per heavy atom. The van der Waals surface area contributed by atoms with Crippen molar-refractivity contribution < 1.29 is 17.9 Å². The smallest absolute Gasteiger partial charge is 0.191 e. The van der Waals surface area contributed by atoms with E-state index in [9.17, 15) is 13.2 Å². The number of rotatable bonds is 14. The fraction of sp³-hybridized carbons (Fsp3) is 0.613. The molecule has 2 aromatic rings. The van der Waals surface area contributed by atoms with Crippen LogP contribution in [0.2, 0.25) is 18.1 Å². The molecule has 3 rings (SSSR count). The Labute approximate surface area is 218 Å². The number of ether oxygens (including phenoxy) is 1. The first kappa shape index (κ1) is 28.8. The van der Waals surface area contributed by atoms with Gasteiger partial charge in [-0.05, 0) is 80.7 Å². The van der Waals surface area contributed by atoms with E-state index in [-0.39, 0.29) is 11.9 Å².